The van der Waals surface area contributed by atoms with Crippen LogP contribution < -0.4 is 19.5 Å². The van der Waals surface area contributed by atoms with Crippen molar-refractivity contribution < 1.29 is 19.0 Å². The van der Waals surface area contributed by atoms with Gasteiger partial charge in [0.1, 0.15) is 11.5 Å². The molecule has 0 aliphatic heterocycles. The molecule has 182 valence electrons. The normalized spacial score (nSPS) is 10.3. The van der Waals surface area contributed by atoms with Crippen LogP contribution in [0.3, 0.4) is 0 Å². The maximum atomic E-state index is 12.4. The van der Waals surface area contributed by atoms with Crippen LogP contribution in [0.4, 0.5) is 5.69 Å². The Morgan fingerprint density at radius 2 is 1.56 bits per heavy atom. The Labute approximate surface area is 209 Å². The van der Waals surface area contributed by atoms with Gasteiger partial charge in [0, 0.05) is 35.7 Å². The summed E-state index contributed by atoms with van der Waals surface area (Å²) in [5.74, 6) is 2.35. The van der Waals surface area contributed by atoms with Crippen LogP contribution in [0.15, 0.2) is 85.3 Å². The van der Waals surface area contributed by atoms with Gasteiger partial charge < -0.3 is 19.5 Å². The summed E-state index contributed by atoms with van der Waals surface area (Å²) in [5, 5.41) is 5.67. The number of ether oxygens (including phenoxy) is 3. The van der Waals surface area contributed by atoms with E-state index in [2.05, 4.69) is 15.3 Å². The van der Waals surface area contributed by atoms with Crippen LogP contribution in [-0.2, 0) is 0 Å². The lowest BCUT2D eigenvalue weighted by Crippen LogP contribution is -2.11. The van der Waals surface area contributed by atoms with Crippen molar-refractivity contribution in [2.75, 3.05) is 19.5 Å². The smallest absolute Gasteiger partial charge is 0.257 e. The molecule has 2 heterocycles. The van der Waals surface area contributed by atoms with Crippen LogP contribution in [0.1, 0.15) is 24.2 Å². The van der Waals surface area contributed by atoms with Gasteiger partial charge >= 0.3 is 0 Å². The monoisotopic (exact) mass is 481 g/mol. The van der Waals surface area contributed by atoms with Gasteiger partial charge in [-0.1, -0.05) is 26.0 Å². The maximum absolute atomic E-state index is 12.4. The Balaban J connectivity index is 0.00000148. The Hall–Kier alpha value is -4.65. The van der Waals surface area contributed by atoms with E-state index in [0.717, 1.165) is 21.7 Å². The molecule has 0 unspecified atom stereocenters. The van der Waals surface area contributed by atoms with Crippen LogP contribution in [0.25, 0.3) is 21.7 Å². The number of fused-ring (bicyclic) bond motifs is 2. The minimum Gasteiger partial charge on any atom is -0.493 e. The number of hydrogen-bond donors (Lipinski definition) is 1. The minimum absolute atomic E-state index is 0.205. The van der Waals surface area contributed by atoms with Crippen molar-refractivity contribution in [2.24, 2.45) is 0 Å². The highest BCUT2D eigenvalue weighted by molar-refractivity contribution is 6.05. The number of nitrogens with zero attached hydrogens (tertiary/aromatic N) is 2. The molecular weight excluding hydrogens is 454 g/mol. The van der Waals surface area contributed by atoms with Gasteiger partial charge in [0.25, 0.3) is 5.91 Å². The molecule has 0 aliphatic rings. The number of carbonyl (C=O) groups excluding carboxylic acids is 1. The average molecular weight is 482 g/mol. The molecule has 0 spiro atoms. The fourth-order valence-electron chi connectivity index (χ4n) is 3.73. The lowest BCUT2D eigenvalue weighted by atomic mass is 10.1. The van der Waals surface area contributed by atoms with E-state index in [-0.39, 0.29) is 5.91 Å². The first kappa shape index (κ1) is 24.5. The summed E-state index contributed by atoms with van der Waals surface area (Å²) in [6.45, 7) is 4.00. The molecule has 5 rings (SSSR count). The van der Waals surface area contributed by atoms with E-state index in [4.69, 9.17) is 14.2 Å². The van der Waals surface area contributed by atoms with Crippen molar-refractivity contribution in [2.45, 2.75) is 13.8 Å². The zero-order valence-corrected chi connectivity index (χ0v) is 20.6. The lowest BCUT2D eigenvalue weighted by molar-refractivity contribution is 0.102. The van der Waals surface area contributed by atoms with E-state index in [1.165, 1.54) is 6.20 Å². The predicted octanol–water partition coefficient (Wildman–Crippen LogP) is 6.87. The number of nitrogens with one attached hydrogen (secondary N) is 1. The van der Waals surface area contributed by atoms with Gasteiger partial charge in [0.15, 0.2) is 11.5 Å². The highest BCUT2D eigenvalue weighted by Gasteiger charge is 2.12. The van der Waals surface area contributed by atoms with Gasteiger partial charge in [-0.15, -0.1) is 0 Å². The Bertz CT molecular complexity index is 1500. The quantitative estimate of drug-likeness (QED) is 0.285. The van der Waals surface area contributed by atoms with Crippen molar-refractivity contribution >= 4 is 33.3 Å². The van der Waals surface area contributed by atoms with E-state index in [0.29, 0.717) is 34.2 Å². The molecule has 7 heteroatoms. The zero-order chi connectivity index (χ0) is 25.5. The van der Waals surface area contributed by atoms with E-state index < -0.39 is 0 Å². The largest absolute Gasteiger partial charge is 0.493 e. The third kappa shape index (κ3) is 5.20. The number of benzene rings is 3. The summed E-state index contributed by atoms with van der Waals surface area (Å²) >= 11 is 0. The highest BCUT2D eigenvalue weighted by Crippen LogP contribution is 2.37. The topological polar surface area (TPSA) is 82.6 Å². The second-order valence-electron chi connectivity index (χ2n) is 7.56. The third-order valence-electron chi connectivity index (χ3n) is 5.43. The van der Waals surface area contributed by atoms with Gasteiger partial charge in [-0.25, -0.2) is 0 Å². The molecule has 5 aromatic rings. The third-order valence-corrected chi connectivity index (χ3v) is 5.43. The molecule has 0 fully saturated rings. The molecule has 1 amide bonds. The van der Waals surface area contributed by atoms with Gasteiger partial charge in [-0.05, 0) is 59.3 Å². The molecule has 0 bridgehead atoms. The van der Waals surface area contributed by atoms with Crippen molar-refractivity contribution in [3.8, 4) is 23.0 Å². The predicted molar refractivity (Wildman–Crippen MR) is 142 cm³/mol. The molecule has 0 radical (unpaired) electrons. The summed E-state index contributed by atoms with van der Waals surface area (Å²) in [6.07, 6.45) is 4.87. The Kier molecular flexibility index (Phi) is 7.60. The molecular formula is C29H27N3O4. The SMILES string of the molecule is CC.COc1cc2nccc(Oc3ccc4cc(NC(=O)c5cccnc5)ccc4c3)c2cc1OC. The van der Waals surface area contributed by atoms with E-state index in [1.807, 2.05) is 68.4 Å². The Morgan fingerprint density at radius 1 is 0.806 bits per heavy atom. The molecule has 2 aromatic heterocycles. The number of carbonyl (C=O) groups is 1. The number of methoxy groups -OCH3 is 2. The second-order valence-corrected chi connectivity index (χ2v) is 7.56. The fourth-order valence-corrected chi connectivity index (χ4v) is 3.73. The number of pyridine rings is 2. The van der Waals surface area contributed by atoms with Gasteiger partial charge in [-0.3, -0.25) is 14.8 Å². The standard InChI is InChI=1S/C27H21N3O4.C2H6/c1-32-25-14-22-23(15-26(25)33-2)29-11-9-24(22)34-21-8-6-17-12-20(7-5-18(17)13-21)30-27(31)19-4-3-10-28-16-19;1-2/h3-16H,1-2H3,(H,30,31);1-2H3. The van der Waals surface area contributed by atoms with Crippen LogP contribution in [0.5, 0.6) is 23.0 Å². The molecule has 1 N–H and O–H groups in total. The first-order valence-corrected chi connectivity index (χ1v) is 11.6. The number of hydrogen-bond acceptors (Lipinski definition) is 6. The van der Waals surface area contributed by atoms with Crippen molar-refractivity contribution in [3.63, 3.8) is 0 Å². The molecule has 3 aromatic carbocycles. The molecule has 7 nitrogen and oxygen atoms in total. The van der Waals surface area contributed by atoms with E-state index in [1.54, 1.807) is 38.7 Å². The maximum Gasteiger partial charge on any atom is 0.257 e. The van der Waals surface area contributed by atoms with Crippen molar-refractivity contribution in [1.29, 1.82) is 0 Å². The van der Waals surface area contributed by atoms with E-state index >= 15 is 0 Å². The number of aromatic nitrogens is 2. The molecule has 0 saturated heterocycles. The van der Waals surface area contributed by atoms with Crippen LogP contribution in [0, 0.1) is 0 Å². The summed E-state index contributed by atoms with van der Waals surface area (Å²) in [7, 11) is 3.19. The van der Waals surface area contributed by atoms with Gasteiger partial charge in [0.2, 0.25) is 0 Å². The lowest BCUT2D eigenvalue weighted by Gasteiger charge is -2.13. The molecule has 36 heavy (non-hydrogen) atoms. The van der Waals surface area contributed by atoms with Crippen LogP contribution in [-0.4, -0.2) is 30.1 Å². The minimum atomic E-state index is -0.205. The van der Waals surface area contributed by atoms with Crippen molar-refractivity contribution in [1.82, 2.24) is 9.97 Å². The summed E-state index contributed by atoms with van der Waals surface area (Å²) in [6, 6.07) is 20.5. The highest BCUT2D eigenvalue weighted by atomic mass is 16.5. The average Bonchev–Trinajstić information content (AvgIpc) is 2.94. The first-order chi connectivity index (χ1) is 17.6. The fraction of sp³-hybridized carbons (Fsp3) is 0.138. The van der Waals surface area contributed by atoms with Gasteiger partial charge in [-0.2, -0.15) is 0 Å². The van der Waals surface area contributed by atoms with E-state index in [9.17, 15) is 4.79 Å². The number of anilines is 1. The number of amides is 1. The number of rotatable bonds is 6. The first-order valence-electron chi connectivity index (χ1n) is 11.6. The second kappa shape index (κ2) is 11.2. The molecule has 0 aliphatic carbocycles. The summed E-state index contributed by atoms with van der Waals surface area (Å²) in [4.78, 5) is 20.8. The molecule has 0 atom stereocenters. The van der Waals surface area contributed by atoms with Crippen LogP contribution in [0.2, 0.25) is 0 Å². The summed E-state index contributed by atoms with van der Waals surface area (Å²) < 4.78 is 17.0. The van der Waals surface area contributed by atoms with Crippen LogP contribution >= 0.6 is 0 Å². The summed E-state index contributed by atoms with van der Waals surface area (Å²) in [5.41, 5.74) is 1.95. The van der Waals surface area contributed by atoms with Gasteiger partial charge in [0.05, 0.1) is 25.3 Å². The molecule has 0 saturated carbocycles. The zero-order valence-electron chi connectivity index (χ0n) is 20.6. The van der Waals surface area contributed by atoms with Crippen molar-refractivity contribution in [3.05, 3.63) is 90.9 Å². The Morgan fingerprint density at radius 3 is 2.31 bits per heavy atom.